The fourth-order valence-corrected chi connectivity index (χ4v) is 4.92. The number of para-hydroxylation sites is 1. The number of aromatic amines is 1. The van der Waals surface area contributed by atoms with E-state index < -0.39 is 0 Å². The average Bonchev–Trinajstić information content (AvgIpc) is 3.11. The van der Waals surface area contributed by atoms with Gasteiger partial charge in [-0.05, 0) is 50.2 Å². The van der Waals surface area contributed by atoms with Gasteiger partial charge in [-0.2, -0.15) is 5.10 Å². The lowest BCUT2D eigenvalue weighted by molar-refractivity contribution is -0.0197. The second-order valence-electron chi connectivity index (χ2n) is 7.22. The molecule has 1 aliphatic heterocycles. The Kier molecular flexibility index (Phi) is 2.44. The summed E-state index contributed by atoms with van der Waals surface area (Å²) >= 11 is 0. The Bertz CT molecular complexity index is 720. The normalized spacial score (nSPS) is 33.5. The number of H-pyrrole nitrogens is 1. The van der Waals surface area contributed by atoms with Crippen LogP contribution in [0.1, 0.15) is 37.8 Å². The number of hydrogen-bond acceptors (Lipinski definition) is 3. The van der Waals surface area contributed by atoms with Crippen molar-refractivity contribution < 1.29 is 0 Å². The summed E-state index contributed by atoms with van der Waals surface area (Å²) in [6.07, 6.45) is 6.74. The van der Waals surface area contributed by atoms with Gasteiger partial charge in [0.2, 0.25) is 0 Å². The van der Waals surface area contributed by atoms with Crippen LogP contribution in [0, 0.1) is 11.8 Å². The van der Waals surface area contributed by atoms with Gasteiger partial charge in [-0.3, -0.25) is 5.43 Å². The number of hydrogen-bond donors (Lipinski definition) is 2. The Morgan fingerprint density at radius 2 is 2.00 bits per heavy atom. The number of fused-ring (bicyclic) bond motifs is 3. The summed E-state index contributed by atoms with van der Waals surface area (Å²) in [5.74, 6) is 2.66. The van der Waals surface area contributed by atoms with Gasteiger partial charge in [0.05, 0.1) is 5.69 Å². The molecule has 3 aliphatic carbocycles. The van der Waals surface area contributed by atoms with E-state index in [9.17, 15) is 0 Å². The first kappa shape index (κ1) is 12.6. The van der Waals surface area contributed by atoms with Crippen molar-refractivity contribution in [3.8, 4) is 0 Å². The molecule has 114 valence electrons. The zero-order valence-electron chi connectivity index (χ0n) is 13.0. The van der Waals surface area contributed by atoms with Crippen molar-refractivity contribution in [1.29, 1.82) is 0 Å². The van der Waals surface area contributed by atoms with Crippen molar-refractivity contribution in [1.82, 2.24) is 15.3 Å². The topological polar surface area (TPSA) is 43.4 Å². The highest BCUT2D eigenvalue weighted by atomic mass is 15.6. The van der Waals surface area contributed by atoms with E-state index >= 15 is 0 Å². The SMILES string of the molecule is CN1C(c2cc3ccccc3[nH]2)=NN[C@@]12CC1CCC2CC1. The molecule has 1 spiro atoms. The van der Waals surface area contributed by atoms with Crippen LogP contribution >= 0.6 is 0 Å². The molecule has 1 aromatic heterocycles. The summed E-state index contributed by atoms with van der Waals surface area (Å²) < 4.78 is 0. The van der Waals surface area contributed by atoms with Crippen molar-refractivity contribution in [3.05, 3.63) is 36.0 Å². The summed E-state index contributed by atoms with van der Waals surface area (Å²) in [5, 5.41) is 5.99. The molecule has 0 radical (unpaired) electrons. The number of nitrogens with zero attached hydrogens (tertiary/aromatic N) is 2. The maximum atomic E-state index is 4.74. The fraction of sp³-hybridized carbons (Fsp3) is 0.500. The van der Waals surface area contributed by atoms with E-state index in [1.807, 2.05) is 0 Å². The summed E-state index contributed by atoms with van der Waals surface area (Å²) in [6.45, 7) is 0. The number of rotatable bonds is 1. The highest BCUT2D eigenvalue weighted by Crippen LogP contribution is 2.50. The molecule has 1 aromatic carbocycles. The third kappa shape index (κ3) is 1.55. The summed E-state index contributed by atoms with van der Waals surface area (Å²) in [7, 11) is 2.21. The number of nitrogens with one attached hydrogen (secondary N) is 2. The largest absolute Gasteiger partial charge is 0.352 e. The minimum absolute atomic E-state index is 0.0633. The lowest BCUT2D eigenvalue weighted by Crippen LogP contribution is -2.62. The Balaban J connectivity index is 1.52. The highest BCUT2D eigenvalue weighted by Gasteiger charge is 2.53. The molecule has 3 saturated carbocycles. The second-order valence-corrected chi connectivity index (χ2v) is 7.22. The molecule has 22 heavy (non-hydrogen) atoms. The molecule has 2 heterocycles. The number of benzene rings is 1. The van der Waals surface area contributed by atoms with E-state index in [1.165, 1.54) is 43.0 Å². The number of amidine groups is 1. The van der Waals surface area contributed by atoms with Gasteiger partial charge in [0, 0.05) is 23.9 Å². The van der Waals surface area contributed by atoms with Gasteiger partial charge in [-0.1, -0.05) is 18.2 Å². The van der Waals surface area contributed by atoms with E-state index in [0.717, 1.165) is 23.4 Å². The first-order chi connectivity index (χ1) is 10.8. The maximum Gasteiger partial charge on any atom is 0.173 e. The Morgan fingerprint density at radius 3 is 2.73 bits per heavy atom. The van der Waals surface area contributed by atoms with Crippen molar-refractivity contribution >= 4 is 16.7 Å². The molecule has 6 rings (SSSR count). The summed E-state index contributed by atoms with van der Waals surface area (Å²) in [4.78, 5) is 5.93. The van der Waals surface area contributed by atoms with Crippen LogP contribution in [0.5, 0.6) is 0 Å². The monoisotopic (exact) mass is 294 g/mol. The molecule has 2 N–H and O–H groups in total. The molecule has 2 aromatic rings. The molecule has 0 saturated heterocycles. The Hall–Kier alpha value is -1.97. The molecule has 3 fully saturated rings. The van der Waals surface area contributed by atoms with Crippen molar-refractivity contribution in [2.24, 2.45) is 16.9 Å². The first-order valence-corrected chi connectivity index (χ1v) is 8.43. The van der Waals surface area contributed by atoms with E-state index in [4.69, 9.17) is 5.10 Å². The van der Waals surface area contributed by atoms with Gasteiger partial charge < -0.3 is 9.88 Å². The average molecular weight is 294 g/mol. The molecule has 4 heteroatoms. The molecule has 1 atom stereocenters. The molecular formula is C18H22N4. The maximum absolute atomic E-state index is 4.74. The van der Waals surface area contributed by atoms with Crippen molar-refractivity contribution in [3.63, 3.8) is 0 Å². The van der Waals surface area contributed by atoms with Crippen LogP contribution in [0.4, 0.5) is 0 Å². The summed E-state index contributed by atoms with van der Waals surface area (Å²) in [5.41, 5.74) is 5.90. The zero-order valence-corrected chi connectivity index (χ0v) is 13.0. The van der Waals surface area contributed by atoms with Crippen LogP contribution in [0.3, 0.4) is 0 Å². The van der Waals surface area contributed by atoms with Crippen molar-refractivity contribution in [2.75, 3.05) is 7.05 Å². The molecule has 2 bridgehead atoms. The van der Waals surface area contributed by atoms with E-state index in [2.05, 4.69) is 52.7 Å². The van der Waals surface area contributed by atoms with Crippen LogP contribution < -0.4 is 5.43 Å². The van der Waals surface area contributed by atoms with E-state index in [0.29, 0.717) is 0 Å². The van der Waals surface area contributed by atoms with Crippen LogP contribution in [-0.4, -0.2) is 28.4 Å². The van der Waals surface area contributed by atoms with Gasteiger partial charge in [-0.15, -0.1) is 0 Å². The third-order valence-electron chi connectivity index (χ3n) is 6.16. The van der Waals surface area contributed by atoms with Gasteiger partial charge in [0.1, 0.15) is 5.66 Å². The Labute approximate surface area is 130 Å². The highest BCUT2D eigenvalue weighted by molar-refractivity contribution is 6.02. The molecular weight excluding hydrogens is 272 g/mol. The third-order valence-corrected chi connectivity index (χ3v) is 6.16. The molecule has 0 unspecified atom stereocenters. The summed E-state index contributed by atoms with van der Waals surface area (Å²) in [6, 6.07) is 10.6. The number of aromatic nitrogens is 1. The predicted molar refractivity (Wildman–Crippen MR) is 88.5 cm³/mol. The number of hydrazone groups is 1. The van der Waals surface area contributed by atoms with Gasteiger partial charge >= 0.3 is 0 Å². The Morgan fingerprint density at radius 1 is 1.18 bits per heavy atom. The minimum Gasteiger partial charge on any atom is -0.352 e. The molecule has 0 amide bonds. The van der Waals surface area contributed by atoms with Gasteiger partial charge in [0.25, 0.3) is 0 Å². The van der Waals surface area contributed by atoms with Gasteiger partial charge in [-0.25, -0.2) is 0 Å². The van der Waals surface area contributed by atoms with Crippen LogP contribution in [0.2, 0.25) is 0 Å². The predicted octanol–water partition coefficient (Wildman–Crippen LogP) is 3.27. The van der Waals surface area contributed by atoms with Crippen molar-refractivity contribution in [2.45, 2.75) is 37.8 Å². The van der Waals surface area contributed by atoms with Gasteiger partial charge in [0.15, 0.2) is 5.84 Å². The quantitative estimate of drug-likeness (QED) is 0.847. The van der Waals surface area contributed by atoms with Crippen LogP contribution in [0.25, 0.3) is 10.9 Å². The lowest BCUT2D eigenvalue weighted by Gasteiger charge is -2.52. The lowest BCUT2D eigenvalue weighted by atomic mass is 9.64. The van der Waals surface area contributed by atoms with Crippen LogP contribution in [0.15, 0.2) is 35.4 Å². The van der Waals surface area contributed by atoms with E-state index in [1.54, 1.807) is 0 Å². The first-order valence-electron chi connectivity index (χ1n) is 8.43. The fourth-order valence-electron chi connectivity index (χ4n) is 4.92. The van der Waals surface area contributed by atoms with E-state index in [-0.39, 0.29) is 5.66 Å². The molecule has 4 nitrogen and oxygen atoms in total. The second kappa shape index (κ2) is 4.28. The van der Waals surface area contributed by atoms with Crippen LogP contribution in [-0.2, 0) is 0 Å². The standard InChI is InChI=1S/C18H22N4/c1-22-17(16-10-13-4-2-3-5-15(13)19-16)20-21-18(22)11-12-6-8-14(18)9-7-12/h2-5,10,12,14,19,21H,6-9,11H2,1H3/t12?,14?,18-/m0/s1. The molecule has 4 aliphatic rings. The minimum atomic E-state index is 0.0633. The smallest absolute Gasteiger partial charge is 0.173 e. The zero-order chi connectivity index (χ0) is 14.7.